The van der Waals surface area contributed by atoms with Crippen molar-refractivity contribution < 1.29 is 9.90 Å². The monoisotopic (exact) mass is 323 g/mol. The molecule has 0 spiro atoms. The molecule has 0 bridgehead atoms. The van der Waals surface area contributed by atoms with Gasteiger partial charge in [-0.15, -0.1) is 0 Å². The second-order valence-corrected chi connectivity index (χ2v) is 8.24. The summed E-state index contributed by atoms with van der Waals surface area (Å²) in [6.45, 7) is 4.35. The van der Waals surface area contributed by atoms with Gasteiger partial charge in [0, 0.05) is 10.8 Å². The largest absolute Gasteiger partial charge is 0.375 e. The molecule has 0 aromatic rings. The standard InChI is InChI=1S/C21H25NO2/c1-3-20-10-7-17-16(18(20)8-11-21(20,24)13-22)5-4-14-12-15(23)6-9-19(14,17)2/h6-7,9,12,16,18,24H,3-5,8,10-11H2,1-2H3/t16-,18+,19+,20+,21+/m1/s1. The number of hydrogen-bond donors (Lipinski definition) is 1. The fraction of sp³-hybridized carbons (Fsp3) is 0.619. The summed E-state index contributed by atoms with van der Waals surface area (Å²) in [4.78, 5) is 11.8. The lowest BCUT2D eigenvalue weighted by Crippen LogP contribution is -2.51. The van der Waals surface area contributed by atoms with Gasteiger partial charge < -0.3 is 5.11 Å². The van der Waals surface area contributed by atoms with Crippen molar-refractivity contribution in [2.24, 2.45) is 22.7 Å². The first-order valence-corrected chi connectivity index (χ1v) is 9.18. The Hall–Kier alpha value is -1.66. The summed E-state index contributed by atoms with van der Waals surface area (Å²) in [5.41, 5.74) is 1.00. The molecule has 3 heteroatoms. The zero-order valence-electron chi connectivity index (χ0n) is 14.5. The third-order valence-electron chi connectivity index (χ3n) is 7.63. The van der Waals surface area contributed by atoms with Crippen molar-refractivity contribution in [3.8, 4) is 6.07 Å². The van der Waals surface area contributed by atoms with Gasteiger partial charge in [-0.3, -0.25) is 4.79 Å². The highest BCUT2D eigenvalue weighted by atomic mass is 16.3. The number of ketones is 1. The van der Waals surface area contributed by atoms with Gasteiger partial charge in [0.1, 0.15) is 0 Å². The van der Waals surface area contributed by atoms with Crippen LogP contribution in [0, 0.1) is 34.0 Å². The van der Waals surface area contributed by atoms with Crippen molar-refractivity contribution in [2.45, 2.75) is 58.0 Å². The smallest absolute Gasteiger partial charge is 0.178 e. The minimum atomic E-state index is -1.19. The lowest BCUT2D eigenvalue weighted by atomic mass is 9.51. The summed E-state index contributed by atoms with van der Waals surface area (Å²) in [7, 11) is 0. The maximum Gasteiger partial charge on any atom is 0.178 e. The summed E-state index contributed by atoms with van der Waals surface area (Å²) in [5.74, 6) is 0.887. The van der Waals surface area contributed by atoms with Gasteiger partial charge >= 0.3 is 0 Å². The quantitative estimate of drug-likeness (QED) is 0.589. The molecule has 0 aromatic heterocycles. The molecular formula is C21H25NO2. The SMILES string of the molecule is CC[C@]12CC=C3[C@@H](CCC4=CC(=O)C=C[C@@]43C)[C@@H]1CC[C@]2(O)C#N. The van der Waals surface area contributed by atoms with E-state index in [2.05, 4.69) is 32.1 Å². The Morgan fingerprint density at radius 2 is 2.21 bits per heavy atom. The Labute approximate surface area is 143 Å². The first-order valence-electron chi connectivity index (χ1n) is 9.18. The third-order valence-corrected chi connectivity index (χ3v) is 7.63. The van der Waals surface area contributed by atoms with Gasteiger partial charge in [0.15, 0.2) is 11.4 Å². The maximum absolute atomic E-state index is 11.8. The highest BCUT2D eigenvalue weighted by molar-refractivity contribution is 6.01. The van der Waals surface area contributed by atoms with E-state index in [1.807, 2.05) is 6.08 Å². The lowest BCUT2D eigenvalue weighted by Gasteiger charge is -2.53. The molecule has 0 aliphatic heterocycles. The molecule has 1 N–H and O–H groups in total. The Kier molecular flexibility index (Phi) is 3.25. The number of allylic oxidation sites excluding steroid dienone is 6. The van der Waals surface area contributed by atoms with Gasteiger partial charge in [-0.25, -0.2) is 0 Å². The van der Waals surface area contributed by atoms with Crippen LogP contribution in [-0.4, -0.2) is 16.5 Å². The van der Waals surface area contributed by atoms with Crippen molar-refractivity contribution in [3.63, 3.8) is 0 Å². The summed E-state index contributed by atoms with van der Waals surface area (Å²) >= 11 is 0. The second-order valence-electron chi connectivity index (χ2n) is 8.24. The first-order chi connectivity index (χ1) is 11.4. The Bertz CT molecular complexity index is 739. The highest BCUT2D eigenvalue weighted by Crippen LogP contribution is 2.65. The molecule has 0 unspecified atom stereocenters. The zero-order valence-corrected chi connectivity index (χ0v) is 14.5. The van der Waals surface area contributed by atoms with Crippen molar-refractivity contribution in [3.05, 3.63) is 35.5 Å². The van der Waals surface area contributed by atoms with Gasteiger partial charge in [0.25, 0.3) is 0 Å². The Balaban J connectivity index is 1.81. The number of fused-ring (bicyclic) bond motifs is 5. The van der Waals surface area contributed by atoms with Crippen molar-refractivity contribution in [2.75, 3.05) is 0 Å². The van der Waals surface area contributed by atoms with Crippen LogP contribution in [0.5, 0.6) is 0 Å². The molecule has 0 amide bonds. The highest BCUT2D eigenvalue weighted by Gasteiger charge is 2.63. The second kappa shape index (κ2) is 4.92. The Morgan fingerprint density at radius 1 is 1.42 bits per heavy atom. The Morgan fingerprint density at radius 3 is 2.92 bits per heavy atom. The van der Waals surface area contributed by atoms with Crippen LogP contribution in [0.3, 0.4) is 0 Å². The fourth-order valence-electron chi connectivity index (χ4n) is 6.23. The number of nitriles is 1. The summed E-state index contributed by atoms with van der Waals surface area (Å²) < 4.78 is 0. The number of rotatable bonds is 1. The maximum atomic E-state index is 11.8. The fourth-order valence-corrected chi connectivity index (χ4v) is 6.23. The van der Waals surface area contributed by atoms with E-state index in [0.29, 0.717) is 18.3 Å². The predicted molar refractivity (Wildman–Crippen MR) is 91.8 cm³/mol. The number of carbonyl (C=O) groups is 1. The molecule has 0 heterocycles. The van der Waals surface area contributed by atoms with Crippen LogP contribution in [0.2, 0.25) is 0 Å². The zero-order chi connectivity index (χ0) is 17.2. The molecule has 5 atom stereocenters. The van der Waals surface area contributed by atoms with Crippen molar-refractivity contribution in [1.82, 2.24) is 0 Å². The lowest BCUT2D eigenvalue weighted by molar-refractivity contribution is -0.110. The van der Waals surface area contributed by atoms with Gasteiger partial charge in [-0.05, 0) is 69.4 Å². The van der Waals surface area contributed by atoms with Gasteiger partial charge in [-0.1, -0.05) is 30.2 Å². The average molecular weight is 323 g/mol. The van der Waals surface area contributed by atoms with E-state index >= 15 is 0 Å². The minimum absolute atomic E-state index is 0.0972. The molecule has 3 nitrogen and oxygen atoms in total. The molecule has 0 radical (unpaired) electrons. The number of hydrogen-bond acceptors (Lipinski definition) is 3. The van der Waals surface area contributed by atoms with E-state index in [0.717, 1.165) is 32.1 Å². The van der Waals surface area contributed by atoms with E-state index in [4.69, 9.17) is 0 Å². The van der Waals surface area contributed by atoms with Crippen LogP contribution in [0.1, 0.15) is 52.4 Å². The molecule has 2 saturated carbocycles. The molecule has 2 fully saturated rings. The third kappa shape index (κ3) is 1.73. The van der Waals surface area contributed by atoms with Crippen LogP contribution >= 0.6 is 0 Å². The summed E-state index contributed by atoms with van der Waals surface area (Å²) in [6.07, 6.45) is 13.0. The van der Waals surface area contributed by atoms with Crippen LogP contribution < -0.4 is 0 Å². The molecule has 4 aliphatic rings. The van der Waals surface area contributed by atoms with Gasteiger partial charge in [0.05, 0.1) is 6.07 Å². The van der Waals surface area contributed by atoms with Crippen LogP contribution in [0.25, 0.3) is 0 Å². The summed E-state index contributed by atoms with van der Waals surface area (Å²) in [5, 5.41) is 20.7. The van der Waals surface area contributed by atoms with E-state index in [1.165, 1.54) is 11.1 Å². The van der Waals surface area contributed by atoms with Gasteiger partial charge in [-0.2, -0.15) is 5.26 Å². The molecule has 4 rings (SSSR count). The van der Waals surface area contributed by atoms with E-state index in [-0.39, 0.29) is 16.6 Å². The van der Waals surface area contributed by atoms with Crippen LogP contribution in [0.15, 0.2) is 35.5 Å². The molecular weight excluding hydrogens is 298 g/mol. The van der Waals surface area contributed by atoms with E-state index in [9.17, 15) is 15.2 Å². The van der Waals surface area contributed by atoms with Crippen LogP contribution in [0.4, 0.5) is 0 Å². The first kappa shape index (κ1) is 15.8. The van der Waals surface area contributed by atoms with E-state index in [1.54, 1.807) is 6.08 Å². The molecule has 24 heavy (non-hydrogen) atoms. The molecule has 126 valence electrons. The summed E-state index contributed by atoms with van der Waals surface area (Å²) in [6, 6.07) is 2.25. The average Bonchev–Trinajstić information content (AvgIpc) is 2.89. The van der Waals surface area contributed by atoms with Crippen molar-refractivity contribution in [1.29, 1.82) is 5.26 Å². The normalized spacial score (nSPS) is 46.3. The number of carbonyl (C=O) groups excluding carboxylic acids is 1. The predicted octanol–water partition coefficient (Wildman–Crippen LogP) is 3.86. The minimum Gasteiger partial charge on any atom is -0.375 e. The molecule has 0 aromatic carbocycles. The van der Waals surface area contributed by atoms with Crippen LogP contribution in [-0.2, 0) is 4.79 Å². The topological polar surface area (TPSA) is 61.1 Å². The molecule has 0 saturated heterocycles. The van der Waals surface area contributed by atoms with E-state index < -0.39 is 5.60 Å². The molecule has 4 aliphatic carbocycles. The number of aliphatic hydroxyl groups is 1. The van der Waals surface area contributed by atoms with Gasteiger partial charge in [0.2, 0.25) is 0 Å². The number of nitrogens with zero attached hydrogens (tertiary/aromatic N) is 1. The van der Waals surface area contributed by atoms with Crippen molar-refractivity contribution >= 4 is 5.78 Å².